The van der Waals surface area contributed by atoms with Crippen LogP contribution in [-0.2, 0) is 9.59 Å². The summed E-state index contributed by atoms with van der Waals surface area (Å²) in [6.45, 7) is 0. The van der Waals surface area contributed by atoms with Crippen molar-refractivity contribution < 1.29 is 9.59 Å². The second-order valence-corrected chi connectivity index (χ2v) is 3.42. The van der Waals surface area contributed by atoms with Crippen molar-refractivity contribution in [1.29, 1.82) is 0 Å². The Hall–Kier alpha value is -2.22. The predicted octanol–water partition coefficient (Wildman–Crippen LogP) is 2.33. The number of hydrogen-bond donors (Lipinski definition) is 0. The smallest absolute Gasteiger partial charge is 0.232 e. The van der Waals surface area contributed by atoms with E-state index in [9.17, 15) is 9.59 Å². The molecular weight excluding hydrogens is 200 g/mol. The van der Waals surface area contributed by atoms with Crippen LogP contribution in [0.4, 0.5) is 0 Å². The molecule has 2 heteroatoms. The van der Waals surface area contributed by atoms with Crippen molar-refractivity contribution in [2.75, 3.05) is 0 Å². The lowest BCUT2D eigenvalue weighted by Crippen LogP contribution is -2.14. The highest BCUT2D eigenvalue weighted by Crippen LogP contribution is 2.10. The molecule has 0 aromatic heterocycles. The summed E-state index contributed by atoms with van der Waals surface area (Å²) in [5.74, 6) is -0.912. The molecule has 0 aliphatic heterocycles. The summed E-state index contributed by atoms with van der Waals surface area (Å²) in [5, 5.41) is 0. The van der Waals surface area contributed by atoms with Gasteiger partial charge in [0.2, 0.25) is 11.6 Å². The molecule has 2 nitrogen and oxygen atoms in total. The number of ketones is 2. The molecule has 0 saturated carbocycles. The van der Waals surface area contributed by atoms with Gasteiger partial charge in [0.05, 0.1) is 0 Å². The number of allylic oxidation sites excluding steroid dienone is 5. The van der Waals surface area contributed by atoms with E-state index in [0.717, 1.165) is 5.56 Å². The van der Waals surface area contributed by atoms with Crippen LogP contribution >= 0.6 is 0 Å². The number of carbonyl (C=O) groups is 2. The van der Waals surface area contributed by atoms with Gasteiger partial charge in [-0.05, 0) is 11.6 Å². The Morgan fingerprint density at radius 1 is 0.938 bits per heavy atom. The van der Waals surface area contributed by atoms with Gasteiger partial charge in [0.1, 0.15) is 0 Å². The monoisotopic (exact) mass is 210 g/mol. The molecule has 0 bridgehead atoms. The first-order chi connectivity index (χ1) is 7.77. The molecule has 2 rings (SSSR count). The molecule has 1 aliphatic rings. The first kappa shape index (κ1) is 10.3. The number of Topliss-reactive ketones (excluding diaryl/α,β-unsaturated/α-hetero) is 1. The van der Waals surface area contributed by atoms with Gasteiger partial charge in [-0.3, -0.25) is 9.59 Å². The van der Waals surface area contributed by atoms with Crippen LogP contribution in [-0.4, -0.2) is 11.6 Å². The van der Waals surface area contributed by atoms with E-state index >= 15 is 0 Å². The fourth-order valence-corrected chi connectivity index (χ4v) is 1.41. The average molecular weight is 210 g/mol. The van der Waals surface area contributed by atoms with E-state index in [0.29, 0.717) is 5.57 Å². The zero-order valence-electron chi connectivity index (χ0n) is 8.59. The maximum Gasteiger partial charge on any atom is 0.232 e. The van der Waals surface area contributed by atoms with Crippen molar-refractivity contribution in [2.24, 2.45) is 0 Å². The van der Waals surface area contributed by atoms with Gasteiger partial charge < -0.3 is 0 Å². The highest BCUT2D eigenvalue weighted by molar-refractivity contribution is 6.48. The van der Waals surface area contributed by atoms with E-state index in [1.54, 1.807) is 18.2 Å². The fourth-order valence-electron chi connectivity index (χ4n) is 1.41. The SMILES string of the molecule is O=C1C=CC=C(/C=C/c2ccccc2)C1=O. The van der Waals surface area contributed by atoms with Crippen LogP contribution in [0.3, 0.4) is 0 Å². The van der Waals surface area contributed by atoms with Crippen molar-refractivity contribution in [1.82, 2.24) is 0 Å². The largest absolute Gasteiger partial charge is 0.286 e. The number of benzene rings is 1. The van der Waals surface area contributed by atoms with Crippen LogP contribution in [0.5, 0.6) is 0 Å². The first-order valence-corrected chi connectivity index (χ1v) is 4.97. The molecule has 0 radical (unpaired) electrons. The van der Waals surface area contributed by atoms with Crippen molar-refractivity contribution in [2.45, 2.75) is 0 Å². The fraction of sp³-hybridized carbons (Fsp3) is 0. The lowest BCUT2D eigenvalue weighted by Gasteiger charge is -2.01. The topological polar surface area (TPSA) is 34.1 Å². The molecule has 0 spiro atoms. The first-order valence-electron chi connectivity index (χ1n) is 4.97. The maximum atomic E-state index is 11.4. The summed E-state index contributed by atoms with van der Waals surface area (Å²) < 4.78 is 0. The minimum atomic E-state index is -0.463. The number of hydrogen-bond acceptors (Lipinski definition) is 2. The Morgan fingerprint density at radius 3 is 2.44 bits per heavy atom. The minimum absolute atomic E-state index is 0.427. The van der Waals surface area contributed by atoms with Crippen LogP contribution in [0.25, 0.3) is 6.08 Å². The van der Waals surface area contributed by atoms with E-state index in [-0.39, 0.29) is 0 Å². The van der Waals surface area contributed by atoms with Crippen molar-refractivity contribution in [3.8, 4) is 0 Å². The van der Waals surface area contributed by atoms with Crippen LogP contribution in [0, 0.1) is 0 Å². The third-order valence-electron chi connectivity index (χ3n) is 2.26. The second-order valence-electron chi connectivity index (χ2n) is 3.42. The van der Waals surface area contributed by atoms with Crippen LogP contribution in [0.2, 0.25) is 0 Å². The van der Waals surface area contributed by atoms with E-state index in [1.807, 2.05) is 36.4 Å². The molecule has 0 atom stereocenters. The van der Waals surface area contributed by atoms with Gasteiger partial charge in [0, 0.05) is 5.57 Å². The molecule has 1 aromatic carbocycles. The zero-order valence-corrected chi connectivity index (χ0v) is 8.59. The average Bonchev–Trinajstić information content (AvgIpc) is 2.32. The Bertz CT molecular complexity index is 505. The summed E-state index contributed by atoms with van der Waals surface area (Å²) in [5.41, 5.74) is 1.43. The Balaban J connectivity index is 2.20. The van der Waals surface area contributed by atoms with Crippen LogP contribution in [0.1, 0.15) is 5.56 Å². The molecule has 0 heterocycles. The summed E-state index contributed by atoms with van der Waals surface area (Å²) in [6.07, 6.45) is 8.00. The van der Waals surface area contributed by atoms with Crippen molar-refractivity contribution >= 4 is 17.6 Å². The Morgan fingerprint density at radius 2 is 1.69 bits per heavy atom. The van der Waals surface area contributed by atoms with Gasteiger partial charge in [-0.2, -0.15) is 0 Å². The van der Waals surface area contributed by atoms with Crippen LogP contribution < -0.4 is 0 Å². The van der Waals surface area contributed by atoms with Gasteiger partial charge in [-0.15, -0.1) is 0 Å². The molecule has 0 N–H and O–H groups in total. The highest BCUT2D eigenvalue weighted by Gasteiger charge is 2.16. The molecule has 0 saturated heterocycles. The lowest BCUT2D eigenvalue weighted by atomic mass is 10.0. The van der Waals surface area contributed by atoms with Crippen molar-refractivity contribution in [3.63, 3.8) is 0 Å². The summed E-state index contributed by atoms with van der Waals surface area (Å²) in [4.78, 5) is 22.5. The molecule has 78 valence electrons. The Labute approximate surface area is 93.6 Å². The summed E-state index contributed by atoms with van der Waals surface area (Å²) in [7, 11) is 0. The van der Waals surface area contributed by atoms with Crippen molar-refractivity contribution in [3.05, 3.63) is 65.8 Å². The molecule has 0 fully saturated rings. The molecule has 1 aliphatic carbocycles. The molecule has 0 amide bonds. The van der Waals surface area contributed by atoms with Gasteiger partial charge in [-0.25, -0.2) is 0 Å². The van der Waals surface area contributed by atoms with Gasteiger partial charge in [0.25, 0.3) is 0 Å². The second kappa shape index (κ2) is 4.53. The molecule has 16 heavy (non-hydrogen) atoms. The quantitative estimate of drug-likeness (QED) is 0.554. The molecular formula is C14H10O2. The summed E-state index contributed by atoms with van der Waals surface area (Å²) >= 11 is 0. The van der Waals surface area contributed by atoms with Crippen LogP contribution in [0.15, 0.2) is 60.2 Å². The summed E-state index contributed by atoms with van der Waals surface area (Å²) in [6, 6.07) is 9.63. The normalized spacial score (nSPS) is 15.6. The third-order valence-corrected chi connectivity index (χ3v) is 2.26. The standard InChI is InChI=1S/C14H10O2/c15-13-8-4-7-12(14(13)16)10-9-11-5-2-1-3-6-11/h1-10H/b10-9+. The maximum absolute atomic E-state index is 11.4. The predicted molar refractivity (Wildman–Crippen MR) is 62.7 cm³/mol. The highest BCUT2D eigenvalue weighted by atomic mass is 16.2. The van der Waals surface area contributed by atoms with E-state index in [2.05, 4.69) is 0 Å². The third kappa shape index (κ3) is 2.23. The lowest BCUT2D eigenvalue weighted by molar-refractivity contribution is -0.131. The zero-order chi connectivity index (χ0) is 11.4. The minimum Gasteiger partial charge on any atom is -0.286 e. The Kier molecular flexibility index (Phi) is 2.92. The van der Waals surface area contributed by atoms with Gasteiger partial charge >= 0.3 is 0 Å². The van der Waals surface area contributed by atoms with E-state index in [4.69, 9.17) is 0 Å². The molecule has 1 aromatic rings. The number of rotatable bonds is 2. The van der Waals surface area contributed by atoms with Gasteiger partial charge in [-0.1, -0.05) is 54.6 Å². The van der Waals surface area contributed by atoms with E-state index in [1.165, 1.54) is 6.08 Å². The molecule has 0 unspecified atom stereocenters. The van der Waals surface area contributed by atoms with E-state index < -0.39 is 11.6 Å². The van der Waals surface area contributed by atoms with Gasteiger partial charge in [0.15, 0.2) is 0 Å². The number of carbonyl (C=O) groups excluding carboxylic acids is 2.